The molecule has 96 valence electrons. The van der Waals surface area contributed by atoms with Gasteiger partial charge in [0.2, 0.25) is 5.78 Å². The van der Waals surface area contributed by atoms with Gasteiger partial charge >= 0.3 is 5.97 Å². The van der Waals surface area contributed by atoms with E-state index in [0.29, 0.717) is 31.1 Å². The Morgan fingerprint density at radius 2 is 2.18 bits per heavy atom. The molecule has 2 unspecified atom stereocenters. The molecule has 2 aliphatic heterocycles. The first-order chi connectivity index (χ1) is 8.25. The van der Waals surface area contributed by atoms with Crippen LogP contribution >= 0.6 is 23.8 Å². The third kappa shape index (κ3) is 4.19. The number of ketones is 1. The molecule has 0 aromatic carbocycles. The largest absolute Gasteiger partial charge is 0.456 e. The highest BCUT2D eigenvalue weighted by atomic mass is 32.2. The number of carbonyl (C=O) groups excluding carboxylic acids is 2. The molecular formula is C11H16O4S2. The zero-order valence-corrected chi connectivity index (χ0v) is 11.2. The second-order valence-electron chi connectivity index (χ2n) is 4.28. The molecule has 17 heavy (non-hydrogen) atoms. The number of Topliss-reactive ketones (excluding diaryl/α,β-unsaturated/α-hetero) is 1. The van der Waals surface area contributed by atoms with E-state index in [1.165, 1.54) is 12.0 Å². The van der Waals surface area contributed by atoms with Gasteiger partial charge in [0.25, 0.3) is 0 Å². The van der Waals surface area contributed by atoms with Crippen molar-refractivity contribution < 1.29 is 18.5 Å². The van der Waals surface area contributed by atoms with Crippen LogP contribution in [0.25, 0.3) is 0 Å². The molecule has 2 fully saturated rings. The molecule has 0 saturated carbocycles. The van der Waals surface area contributed by atoms with Crippen LogP contribution in [0.4, 0.5) is 0 Å². The summed E-state index contributed by atoms with van der Waals surface area (Å²) in [6.45, 7) is 0.579. The molecule has 2 aliphatic rings. The Morgan fingerprint density at radius 1 is 1.29 bits per heavy atom. The van der Waals surface area contributed by atoms with Crippen molar-refractivity contribution in [1.29, 1.82) is 0 Å². The van der Waals surface area contributed by atoms with Gasteiger partial charge in [-0.15, -0.1) is 0 Å². The van der Waals surface area contributed by atoms with Crippen LogP contribution in [0, 0.1) is 5.92 Å². The van der Waals surface area contributed by atoms with E-state index in [9.17, 15) is 9.59 Å². The van der Waals surface area contributed by atoms with Crippen molar-refractivity contribution in [3.63, 3.8) is 0 Å². The van der Waals surface area contributed by atoms with Gasteiger partial charge in [-0.1, -0.05) is 0 Å². The number of carbonyl (C=O) groups is 2. The first-order valence-electron chi connectivity index (χ1n) is 5.81. The highest BCUT2D eigenvalue weighted by Crippen LogP contribution is 2.26. The fraction of sp³-hybridized carbons (Fsp3) is 0.818. The molecule has 2 atom stereocenters. The minimum Gasteiger partial charge on any atom is -0.456 e. The van der Waals surface area contributed by atoms with Crippen LogP contribution in [-0.4, -0.2) is 41.7 Å². The van der Waals surface area contributed by atoms with E-state index in [-0.39, 0.29) is 11.9 Å². The smallest absolute Gasteiger partial charge is 0.374 e. The summed E-state index contributed by atoms with van der Waals surface area (Å²) in [6.07, 6.45) is 1.91. The summed E-state index contributed by atoms with van der Waals surface area (Å²) in [5.74, 6) is 2.06. The molecule has 0 amide bonds. The highest BCUT2D eigenvalue weighted by molar-refractivity contribution is 7.99. The van der Waals surface area contributed by atoms with Crippen molar-refractivity contribution >= 4 is 35.6 Å². The lowest BCUT2D eigenvalue weighted by molar-refractivity contribution is -0.158. The molecule has 0 N–H and O–H groups in total. The van der Waals surface area contributed by atoms with Crippen LogP contribution in [0.2, 0.25) is 0 Å². The SMILES string of the molecule is O=C(CC1CCSC1)C(=O)OC1CCOSC1. The summed E-state index contributed by atoms with van der Waals surface area (Å²) in [5.41, 5.74) is 0. The fourth-order valence-corrected chi connectivity index (χ4v) is 3.83. The Labute approximate surface area is 109 Å². The van der Waals surface area contributed by atoms with E-state index in [4.69, 9.17) is 8.92 Å². The highest BCUT2D eigenvalue weighted by Gasteiger charge is 2.27. The number of thioether (sulfide) groups is 1. The number of esters is 1. The summed E-state index contributed by atoms with van der Waals surface area (Å²) >= 11 is 3.15. The molecule has 0 spiro atoms. The van der Waals surface area contributed by atoms with Crippen LogP contribution in [0.15, 0.2) is 0 Å². The lowest BCUT2D eigenvalue weighted by Gasteiger charge is -2.20. The average molecular weight is 276 g/mol. The minimum absolute atomic E-state index is 0.164. The summed E-state index contributed by atoms with van der Waals surface area (Å²) in [6, 6.07) is 0. The summed E-state index contributed by atoms with van der Waals surface area (Å²) in [4.78, 5) is 23.2. The summed E-state index contributed by atoms with van der Waals surface area (Å²) in [7, 11) is 0. The van der Waals surface area contributed by atoms with Gasteiger partial charge in [-0.3, -0.25) is 4.79 Å². The van der Waals surface area contributed by atoms with E-state index >= 15 is 0 Å². The lowest BCUT2D eigenvalue weighted by Crippen LogP contribution is -2.30. The molecule has 0 aromatic heterocycles. The Morgan fingerprint density at radius 3 is 2.82 bits per heavy atom. The average Bonchev–Trinajstić information content (AvgIpc) is 2.83. The third-order valence-corrected chi connectivity index (χ3v) is 4.93. The number of hydrogen-bond acceptors (Lipinski definition) is 6. The molecule has 0 radical (unpaired) electrons. The maximum Gasteiger partial charge on any atom is 0.374 e. The Bertz CT molecular complexity index is 283. The van der Waals surface area contributed by atoms with Gasteiger partial charge in [-0.2, -0.15) is 11.8 Å². The predicted octanol–water partition coefficient (Wildman–Crippen LogP) is 1.68. The maximum atomic E-state index is 11.7. The Hall–Kier alpha value is -0.200. The van der Waals surface area contributed by atoms with E-state index in [1.54, 1.807) is 0 Å². The summed E-state index contributed by atoms with van der Waals surface area (Å²) in [5, 5.41) is 0. The predicted molar refractivity (Wildman–Crippen MR) is 68.0 cm³/mol. The van der Waals surface area contributed by atoms with E-state index in [1.807, 2.05) is 11.8 Å². The van der Waals surface area contributed by atoms with Crippen molar-refractivity contribution in [3.8, 4) is 0 Å². The number of ether oxygens (including phenoxy) is 1. The topological polar surface area (TPSA) is 52.6 Å². The Balaban J connectivity index is 1.72. The van der Waals surface area contributed by atoms with Crippen molar-refractivity contribution in [2.45, 2.75) is 25.4 Å². The molecule has 4 nitrogen and oxygen atoms in total. The van der Waals surface area contributed by atoms with Crippen LogP contribution in [0.5, 0.6) is 0 Å². The molecule has 2 rings (SSSR count). The number of hydrogen-bond donors (Lipinski definition) is 0. The second kappa shape index (κ2) is 6.66. The first kappa shape index (κ1) is 13.2. The monoisotopic (exact) mass is 276 g/mol. The summed E-state index contributed by atoms with van der Waals surface area (Å²) < 4.78 is 10.3. The van der Waals surface area contributed by atoms with E-state index < -0.39 is 5.97 Å². The van der Waals surface area contributed by atoms with Crippen LogP contribution < -0.4 is 0 Å². The lowest BCUT2D eigenvalue weighted by atomic mass is 10.0. The van der Waals surface area contributed by atoms with Gasteiger partial charge in [-0.05, 0) is 35.9 Å². The normalized spacial score (nSPS) is 28.9. The minimum atomic E-state index is -0.658. The van der Waals surface area contributed by atoms with Crippen LogP contribution in [-0.2, 0) is 18.5 Å². The molecular weight excluding hydrogens is 260 g/mol. The zero-order chi connectivity index (χ0) is 12.1. The third-order valence-electron chi connectivity index (χ3n) is 2.86. The second-order valence-corrected chi connectivity index (χ2v) is 6.23. The molecule has 0 aliphatic carbocycles. The van der Waals surface area contributed by atoms with Crippen molar-refractivity contribution in [3.05, 3.63) is 0 Å². The van der Waals surface area contributed by atoms with Crippen LogP contribution in [0.3, 0.4) is 0 Å². The standard InChI is InChI=1S/C11H16O4S2/c12-10(5-8-2-4-16-6-8)11(13)15-9-1-3-14-17-7-9/h8-9H,1-7H2. The molecule has 2 saturated heterocycles. The molecule has 2 heterocycles. The fourth-order valence-electron chi connectivity index (χ4n) is 1.85. The van der Waals surface area contributed by atoms with Crippen molar-refractivity contribution in [1.82, 2.24) is 0 Å². The molecule has 0 bridgehead atoms. The van der Waals surface area contributed by atoms with Gasteiger partial charge in [0.05, 0.1) is 12.4 Å². The van der Waals surface area contributed by atoms with Crippen molar-refractivity contribution in [2.24, 2.45) is 5.92 Å². The van der Waals surface area contributed by atoms with Gasteiger partial charge < -0.3 is 8.92 Å². The first-order valence-corrected chi connectivity index (χ1v) is 7.88. The zero-order valence-electron chi connectivity index (χ0n) is 9.55. The van der Waals surface area contributed by atoms with Gasteiger partial charge in [-0.25, -0.2) is 4.79 Å². The number of rotatable bonds is 4. The Kier molecular flexibility index (Phi) is 5.18. The van der Waals surface area contributed by atoms with Gasteiger partial charge in [0.15, 0.2) is 0 Å². The van der Waals surface area contributed by atoms with Gasteiger partial charge in [0, 0.05) is 12.8 Å². The van der Waals surface area contributed by atoms with Crippen LogP contribution in [0.1, 0.15) is 19.3 Å². The van der Waals surface area contributed by atoms with Gasteiger partial charge in [0.1, 0.15) is 6.10 Å². The van der Waals surface area contributed by atoms with Crippen molar-refractivity contribution in [2.75, 3.05) is 23.9 Å². The quantitative estimate of drug-likeness (QED) is 0.442. The molecule has 0 aromatic rings. The van der Waals surface area contributed by atoms with E-state index in [2.05, 4.69) is 0 Å². The molecule has 6 heteroatoms. The maximum absolute atomic E-state index is 11.7. The van der Waals surface area contributed by atoms with E-state index in [0.717, 1.165) is 17.9 Å².